The Morgan fingerprint density at radius 3 is 2.41 bits per heavy atom. The SMILES string of the molecule is CCOC(=O)C1CCC(N(C)c2ccc(-c3ccccc3C#N)cc2)CC1. The summed E-state index contributed by atoms with van der Waals surface area (Å²) >= 11 is 0. The highest BCUT2D eigenvalue weighted by Crippen LogP contribution is 2.32. The van der Waals surface area contributed by atoms with Gasteiger partial charge in [0, 0.05) is 18.8 Å². The summed E-state index contributed by atoms with van der Waals surface area (Å²) in [5.41, 5.74) is 3.86. The van der Waals surface area contributed by atoms with Crippen LogP contribution in [-0.2, 0) is 9.53 Å². The van der Waals surface area contributed by atoms with Gasteiger partial charge in [0.15, 0.2) is 0 Å². The molecule has 1 aliphatic rings. The zero-order chi connectivity index (χ0) is 19.2. The molecule has 2 aromatic carbocycles. The number of hydrogen-bond acceptors (Lipinski definition) is 4. The van der Waals surface area contributed by atoms with Crippen molar-refractivity contribution >= 4 is 11.7 Å². The van der Waals surface area contributed by atoms with Crippen LogP contribution in [0.1, 0.15) is 38.2 Å². The van der Waals surface area contributed by atoms with E-state index >= 15 is 0 Å². The Morgan fingerprint density at radius 1 is 1.11 bits per heavy atom. The van der Waals surface area contributed by atoms with Gasteiger partial charge in [-0.1, -0.05) is 30.3 Å². The molecule has 1 aliphatic carbocycles. The summed E-state index contributed by atoms with van der Waals surface area (Å²) in [6, 6.07) is 18.7. The van der Waals surface area contributed by atoms with Crippen molar-refractivity contribution in [1.29, 1.82) is 5.26 Å². The second-order valence-electron chi connectivity index (χ2n) is 7.07. The average Bonchev–Trinajstić information content (AvgIpc) is 2.73. The van der Waals surface area contributed by atoms with Crippen molar-refractivity contribution in [2.45, 2.75) is 38.6 Å². The molecule has 0 aliphatic heterocycles. The average molecular weight is 362 g/mol. The van der Waals surface area contributed by atoms with Crippen molar-refractivity contribution in [2.75, 3.05) is 18.6 Å². The van der Waals surface area contributed by atoms with E-state index in [0.717, 1.165) is 42.5 Å². The van der Waals surface area contributed by atoms with Gasteiger partial charge >= 0.3 is 5.97 Å². The fourth-order valence-electron chi connectivity index (χ4n) is 3.88. The van der Waals surface area contributed by atoms with E-state index in [2.05, 4.69) is 42.3 Å². The van der Waals surface area contributed by atoms with E-state index in [0.29, 0.717) is 18.2 Å². The second-order valence-corrected chi connectivity index (χ2v) is 7.07. The third kappa shape index (κ3) is 4.31. The third-order valence-corrected chi connectivity index (χ3v) is 5.50. The number of carbonyl (C=O) groups excluding carboxylic acids is 1. The third-order valence-electron chi connectivity index (χ3n) is 5.50. The van der Waals surface area contributed by atoms with Crippen LogP contribution < -0.4 is 4.90 Å². The quantitative estimate of drug-likeness (QED) is 0.718. The van der Waals surface area contributed by atoms with Gasteiger partial charge in [-0.3, -0.25) is 4.79 Å². The minimum atomic E-state index is -0.0425. The highest BCUT2D eigenvalue weighted by Gasteiger charge is 2.29. The number of benzene rings is 2. The molecule has 0 atom stereocenters. The van der Waals surface area contributed by atoms with Crippen LogP contribution in [0.2, 0.25) is 0 Å². The molecular formula is C23H26N2O2. The highest BCUT2D eigenvalue weighted by molar-refractivity contribution is 5.73. The lowest BCUT2D eigenvalue weighted by atomic mass is 9.85. The highest BCUT2D eigenvalue weighted by atomic mass is 16.5. The number of hydrogen-bond donors (Lipinski definition) is 0. The molecule has 3 rings (SSSR count). The molecule has 1 saturated carbocycles. The van der Waals surface area contributed by atoms with E-state index in [1.165, 1.54) is 0 Å². The Hall–Kier alpha value is -2.80. The Morgan fingerprint density at radius 2 is 1.78 bits per heavy atom. The topological polar surface area (TPSA) is 53.3 Å². The first kappa shape index (κ1) is 19.0. The minimum Gasteiger partial charge on any atom is -0.466 e. The molecule has 0 radical (unpaired) electrons. The standard InChI is InChI=1S/C23H26N2O2/c1-3-27-23(26)18-10-14-21(15-11-18)25(2)20-12-8-17(9-13-20)22-7-5-4-6-19(22)16-24/h4-9,12-13,18,21H,3,10-11,14-15H2,1-2H3. The lowest BCUT2D eigenvalue weighted by Crippen LogP contribution is -2.37. The van der Waals surface area contributed by atoms with E-state index in [1.54, 1.807) is 0 Å². The van der Waals surface area contributed by atoms with Crippen molar-refractivity contribution in [3.05, 3.63) is 54.1 Å². The van der Waals surface area contributed by atoms with Gasteiger partial charge in [-0.05, 0) is 61.9 Å². The first-order valence-corrected chi connectivity index (χ1v) is 9.63. The van der Waals surface area contributed by atoms with Gasteiger partial charge in [-0.15, -0.1) is 0 Å². The summed E-state index contributed by atoms with van der Waals surface area (Å²) in [5.74, 6) is 0.0126. The monoisotopic (exact) mass is 362 g/mol. The molecule has 4 nitrogen and oxygen atoms in total. The van der Waals surface area contributed by atoms with Gasteiger partial charge in [0.2, 0.25) is 0 Å². The van der Waals surface area contributed by atoms with Crippen molar-refractivity contribution < 1.29 is 9.53 Å². The lowest BCUT2D eigenvalue weighted by molar-refractivity contribution is -0.149. The Kier molecular flexibility index (Phi) is 6.13. The lowest BCUT2D eigenvalue weighted by Gasteiger charge is -2.35. The van der Waals surface area contributed by atoms with Crippen LogP contribution in [0, 0.1) is 17.2 Å². The molecule has 0 aromatic heterocycles. The molecule has 0 saturated heterocycles. The molecule has 4 heteroatoms. The summed E-state index contributed by atoms with van der Waals surface area (Å²) in [6.07, 6.45) is 3.78. The number of ether oxygens (including phenoxy) is 1. The Balaban J connectivity index is 1.66. The first-order valence-electron chi connectivity index (χ1n) is 9.63. The summed E-state index contributed by atoms with van der Waals surface area (Å²) in [4.78, 5) is 14.2. The summed E-state index contributed by atoms with van der Waals surface area (Å²) in [5, 5.41) is 9.30. The van der Waals surface area contributed by atoms with Crippen LogP contribution in [0.3, 0.4) is 0 Å². The first-order chi connectivity index (χ1) is 13.1. The Bertz CT molecular complexity index is 815. The summed E-state index contributed by atoms with van der Waals surface area (Å²) in [7, 11) is 2.12. The van der Waals surface area contributed by atoms with Crippen molar-refractivity contribution in [1.82, 2.24) is 0 Å². The number of esters is 1. The van der Waals surface area contributed by atoms with Crippen LogP contribution in [0.5, 0.6) is 0 Å². The number of nitriles is 1. The molecule has 0 bridgehead atoms. The van der Waals surface area contributed by atoms with Crippen LogP contribution in [-0.4, -0.2) is 25.7 Å². The molecular weight excluding hydrogens is 336 g/mol. The number of anilines is 1. The molecule has 0 unspecified atom stereocenters. The molecule has 0 heterocycles. The van der Waals surface area contributed by atoms with Crippen LogP contribution >= 0.6 is 0 Å². The van der Waals surface area contributed by atoms with Crippen molar-refractivity contribution in [2.24, 2.45) is 5.92 Å². The zero-order valence-corrected chi connectivity index (χ0v) is 16.0. The summed E-state index contributed by atoms with van der Waals surface area (Å²) in [6.45, 7) is 2.32. The maximum atomic E-state index is 11.9. The zero-order valence-electron chi connectivity index (χ0n) is 16.0. The van der Waals surface area contributed by atoms with E-state index < -0.39 is 0 Å². The smallest absolute Gasteiger partial charge is 0.308 e. The van der Waals surface area contributed by atoms with E-state index in [4.69, 9.17) is 4.74 Å². The number of nitrogens with zero attached hydrogens (tertiary/aromatic N) is 2. The fourth-order valence-corrected chi connectivity index (χ4v) is 3.88. The maximum Gasteiger partial charge on any atom is 0.308 e. The molecule has 0 spiro atoms. The van der Waals surface area contributed by atoms with Gasteiger partial charge in [0.05, 0.1) is 24.2 Å². The molecule has 27 heavy (non-hydrogen) atoms. The van der Waals surface area contributed by atoms with Crippen molar-refractivity contribution in [3.63, 3.8) is 0 Å². The number of rotatable bonds is 5. The molecule has 140 valence electrons. The van der Waals surface area contributed by atoms with Crippen LogP contribution in [0.15, 0.2) is 48.5 Å². The predicted octanol–water partition coefficient (Wildman–Crippen LogP) is 4.78. The predicted molar refractivity (Wildman–Crippen MR) is 107 cm³/mol. The minimum absolute atomic E-state index is 0.0425. The van der Waals surface area contributed by atoms with Gasteiger partial charge in [0.25, 0.3) is 0 Å². The molecule has 0 N–H and O–H groups in total. The van der Waals surface area contributed by atoms with E-state index in [9.17, 15) is 10.1 Å². The van der Waals surface area contributed by atoms with E-state index in [-0.39, 0.29) is 11.9 Å². The fraction of sp³-hybridized carbons (Fsp3) is 0.391. The van der Waals surface area contributed by atoms with Gasteiger partial charge in [0.1, 0.15) is 0 Å². The molecule has 0 amide bonds. The maximum absolute atomic E-state index is 11.9. The molecule has 1 fully saturated rings. The summed E-state index contributed by atoms with van der Waals surface area (Å²) < 4.78 is 5.16. The Labute approximate surface area is 161 Å². The van der Waals surface area contributed by atoms with Crippen molar-refractivity contribution in [3.8, 4) is 17.2 Å². The molecule has 2 aromatic rings. The van der Waals surface area contributed by atoms with E-state index in [1.807, 2.05) is 31.2 Å². The van der Waals surface area contributed by atoms with Gasteiger partial charge in [-0.25, -0.2) is 0 Å². The second kappa shape index (κ2) is 8.73. The normalized spacial score (nSPS) is 19.1. The van der Waals surface area contributed by atoms with Crippen LogP contribution in [0.4, 0.5) is 5.69 Å². The van der Waals surface area contributed by atoms with Gasteiger partial charge < -0.3 is 9.64 Å². The van der Waals surface area contributed by atoms with Gasteiger partial charge in [-0.2, -0.15) is 5.26 Å². The number of carbonyl (C=O) groups is 1. The van der Waals surface area contributed by atoms with Crippen LogP contribution in [0.25, 0.3) is 11.1 Å². The largest absolute Gasteiger partial charge is 0.466 e.